The van der Waals surface area contributed by atoms with Crippen LogP contribution in [0.1, 0.15) is 30.6 Å². The predicted molar refractivity (Wildman–Crippen MR) is 74.6 cm³/mol. The second-order valence-corrected chi connectivity index (χ2v) is 5.06. The van der Waals surface area contributed by atoms with Gasteiger partial charge in [-0.1, -0.05) is 19.9 Å². The summed E-state index contributed by atoms with van der Waals surface area (Å²) >= 11 is 5.50. The minimum Gasteiger partial charge on any atom is -0.497 e. The van der Waals surface area contributed by atoms with Gasteiger partial charge in [0.05, 0.1) is 7.11 Å². The van der Waals surface area contributed by atoms with Crippen LogP contribution in [0.3, 0.4) is 0 Å². The molecule has 5 heteroatoms. The van der Waals surface area contributed by atoms with E-state index in [0.717, 1.165) is 0 Å². The van der Waals surface area contributed by atoms with E-state index in [1.165, 1.54) is 7.11 Å². The zero-order valence-electron chi connectivity index (χ0n) is 11.3. The number of benzene rings is 1. The molecule has 0 spiro atoms. The molecule has 0 aliphatic carbocycles. The molecule has 0 fully saturated rings. The van der Waals surface area contributed by atoms with Gasteiger partial charge in [0.25, 0.3) is 5.91 Å². The van der Waals surface area contributed by atoms with E-state index in [4.69, 9.17) is 16.3 Å². The van der Waals surface area contributed by atoms with Gasteiger partial charge in [-0.2, -0.15) is 0 Å². The first-order valence-corrected chi connectivity index (χ1v) is 6.46. The van der Waals surface area contributed by atoms with Crippen LogP contribution in [0.4, 0.5) is 0 Å². The molecular weight excluding hydrogens is 266 g/mol. The second-order valence-electron chi connectivity index (χ2n) is 4.69. The number of halogens is 1. The zero-order valence-corrected chi connectivity index (χ0v) is 12.0. The molecule has 0 aliphatic rings. The lowest BCUT2D eigenvalue weighted by molar-refractivity contribution is -0.113. The van der Waals surface area contributed by atoms with Crippen LogP contribution in [0.15, 0.2) is 24.3 Å². The molecule has 0 radical (unpaired) electrons. The predicted octanol–water partition coefficient (Wildman–Crippen LogP) is 2.61. The number of carbonyl (C=O) groups is 2. The first-order valence-electron chi connectivity index (χ1n) is 6.08. The summed E-state index contributed by atoms with van der Waals surface area (Å²) in [5, 5.41) is 2.09. The van der Waals surface area contributed by atoms with Crippen molar-refractivity contribution in [2.24, 2.45) is 5.92 Å². The Kier molecular flexibility index (Phi) is 5.83. The molecule has 19 heavy (non-hydrogen) atoms. The van der Waals surface area contributed by atoms with E-state index in [1.807, 2.05) is 13.8 Å². The topological polar surface area (TPSA) is 55.4 Å². The Morgan fingerprint density at radius 2 is 2.05 bits per heavy atom. The van der Waals surface area contributed by atoms with Crippen molar-refractivity contribution in [1.29, 1.82) is 0 Å². The van der Waals surface area contributed by atoms with E-state index in [-0.39, 0.29) is 11.8 Å². The SMILES string of the molecule is COc1cccc(C(=O)NC(CC(C)C)C(=O)Cl)c1. The Labute approximate surface area is 118 Å². The highest BCUT2D eigenvalue weighted by molar-refractivity contribution is 6.64. The standard InChI is InChI=1S/C14H18ClNO3/c1-9(2)7-12(13(15)17)16-14(18)10-5-4-6-11(8-10)19-3/h4-6,8-9,12H,7H2,1-3H3,(H,16,18). The van der Waals surface area contributed by atoms with Crippen LogP contribution >= 0.6 is 11.6 Å². The summed E-state index contributed by atoms with van der Waals surface area (Å²) in [5.41, 5.74) is 0.436. The fraction of sp³-hybridized carbons (Fsp3) is 0.429. The average molecular weight is 284 g/mol. The van der Waals surface area contributed by atoms with Crippen molar-refractivity contribution in [2.45, 2.75) is 26.3 Å². The molecular formula is C14H18ClNO3. The van der Waals surface area contributed by atoms with Crippen LogP contribution in [-0.4, -0.2) is 24.3 Å². The van der Waals surface area contributed by atoms with Crippen LogP contribution in [-0.2, 0) is 4.79 Å². The molecule has 1 unspecified atom stereocenters. The van der Waals surface area contributed by atoms with Gasteiger partial charge in [-0.15, -0.1) is 0 Å². The molecule has 1 atom stereocenters. The third-order valence-corrected chi connectivity index (χ3v) is 2.88. The lowest BCUT2D eigenvalue weighted by Gasteiger charge is -2.16. The summed E-state index contributed by atoms with van der Waals surface area (Å²) in [4.78, 5) is 23.3. The van der Waals surface area contributed by atoms with E-state index in [1.54, 1.807) is 24.3 Å². The second kappa shape index (κ2) is 7.14. The van der Waals surface area contributed by atoms with Gasteiger partial charge < -0.3 is 10.1 Å². The number of nitrogens with one attached hydrogen (secondary N) is 1. The van der Waals surface area contributed by atoms with E-state index in [9.17, 15) is 9.59 Å². The molecule has 1 aromatic carbocycles. The molecule has 0 saturated carbocycles. The van der Waals surface area contributed by atoms with Crippen LogP contribution < -0.4 is 10.1 Å². The van der Waals surface area contributed by atoms with Crippen molar-refractivity contribution in [3.8, 4) is 5.75 Å². The van der Waals surface area contributed by atoms with E-state index in [0.29, 0.717) is 17.7 Å². The fourth-order valence-corrected chi connectivity index (χ4v) is 1.83. The van der Waals surface area contributed by atoms with E-state index >= 15 is 0 Å². The monoisotopic (exact) mass is 283 g/mol. The van der Waals surface area contributed by atoms with Gasteiger partial charge >= 0.3 is 0 Å². The van der Waals surface area contributed by atoms with Gasteiger partial charge in [-0.3, -0.25) is 9.59 Å². The van der Waals surface area contributed by atoms with Crippen LogP contribution in [0.25, 0.3) is 0 Å². The highest BCUT2D eigenvalue weighted by Gasteiger charge is 2.20. The molecule has 1 aromatic rings. The third kappa shape index (κ3) is 4.91. The summed E-state index contributed by atoms with van der Waals surface area (Å²) in [6.45, 7) is 3.93. The Morgan fingerprint density at radius 3 is 2.58 bits per heavy atom. The number of rotatable bonds is 6. The summed E-state index contributed by atoms with van der Waals surface area (Å²) < 4.78 is 5.05. The minimum absolute atomic E-state index is 0.262. The first kappa shape index (κ1) is 15.5. The Morgan fingerprint density at radius 1 is 1.37 bits per heavy atom. The van der Waals surface area contributed by atoms with Gasteiger partial charge in [-0.25, -0.2) is 0 Å². The molecule has 0 bridgehead atoms. The van der Waals surface area contributed by atoms with Crippen molar-refractivity contribution in [3.63, 3.8) is 0 Å². The maximum atomic E-state index is 12.0. The highest BCUT2D eigenvalue weighted by Crippen LogP contribution is 2.14. The van der Waals surface area contributed by atoms with Crippen molar-refractivity contribution >= 4 is 22.8 Å². The molecule has 0 heterocycles. The number of carbonyl (C=O) groups excluding carboxylic acids is 2. The Bertz CT molecular complexity index is 460. The zero-order chi connectivity index (χ0) is 14.4. The van der Waals surface area contributed by atoms with E-state index < -0.39 is 11.3 Å². The Balaban J connectivity index is 2.78. The fourth-order valence-electron chi connectivity index (χ4n) is 1.69. The van der Waals surface area contributed by atoms with Gasteiger partial charge in [0.2, 0.25) is 5.24 Å². The van der Waals surface area contributed by atoms with Gasteiger partial charge in [0.15, 0.2) is 0 Å². The third-order valence-electron chi connectivity index (χ3n) is 2.62. The quantitative estimate of drug-likeness (QED) is 0.817. The van der Waals surface area contributed by atoms with E-state index in [2.05, 4.69) is 5.32 Å². The van der Waals surface area contributed by atoms with Crippen LogP contribution in [0.5, 0.6) is 5.75 Å². The van der Waals surface area contributed by atoms with Gasteiger partial charge in [-0.05, 0) is 42.1 Å². The maximum absolute atomic E-state index is 12.0. The molecule has 0 aromatic heterocycles. The summed E-state index contributed by atoms with van der Waals surface area (Å²) in [6.07, 6.45) is 0.512. The van der Waals surface area contributed by atoms with Crippen molar-refractivity contribution in [3.05, 3.63) is 29.8 Å². The molecule has 1 rings (SSSR count). The summed E-state index contributed by atoms with van der Waals surface area (Å²) in [5.74, 6) is 0.516. The molecule has 104 valence electrons. The molecule has 1 N–H and O–H groups in total. The lowest BCUT2D eigenvalue weighted by Crippen LogP contribution is -2.39. The van der Waals surface area contributed by atoms with Gasteiger partial charge in [0.1, 0.15) is 11.8 Å². The summed E-state index contributed by atoms with van der Waals surface area (Å²) in [7, 11) is 1.53. The highest BCUT2D eigenvalue weighted by atomic mass is 35.5. The number of hydrogen-bond donors (Lipinski definition) is 1. The van der Waals surface area contributed by atoms with Crippen LogP contribution in [0.2, 0.25) is 0 Å². The first-order chi connectivity index (χ1) is 8.93. The smallest absolute Gasteiger partial charge is 0.252 e. The van der Waals surface area contributed by atoms with Crippen molar-refractivity contribution in [1.82, 2.24) is 5.32 Å². The number of hydrogen-bond acceptors (Lipinski definition) is 3. The Hall–Kier alpha value is -1.55. The average Bonchev–Trinajstić information content (AvgIpc) is 2.37. The number of amides is 1. The van der Waals surface area contributed by atoms with Crippen molar-refractivity contribution < 1.29 is 14.3 Å². The molecule has 0 aliphatic heterocycles. The molecule has 4 nitrogen and oxygen atoms in total. The lowest BCUT2D eigenvalue weighted by atomic mass is 10.0. The van der Waals surface area contributed by atoms with Gasteiger partial charge in [0, 0.05) is 5.56 Å². The molecule has 0 saturated heterocycles. The normalized spacial score (nSPS) is 12.1. The largest absolute Gasteiger partial charge is 0.497 e. The number of ether oxygens (including phenoxy) is 1. The maximum Gasteiger partial charge on any atom is 0.252 e. The molecule has 1 amide bonds. The van der Waals surface area contributed by atoms with Crippen LogP contribution in [0, 0.1) is 5.92 Å². The number of methoxy groups -OCH3 is 1. The summed E-state index contributed by atoms with van der Waals surface area (Å²) in [6, 6.07) is 6.06. The minimum atomic E-state index is -0.666. The van der Waals surface area contributed by atoms with Crippen molar-refractivity contribution in [2.75, 3.05) is 7.11 Å².